The predicted octanol–water partition coefficient (Wildman–Crippen LogP) is 3.05. The Balaban J connectivity index is 2.14. The summed E-state index contributed by atoms with van der Waals surface area (Å²) in [6, 6.07) is 5.36. The van der Waals surface area contributed by atoms with Crippen molar-refractivity contribution < 1.29 is 8.42 Å². The first-order valence-electron chi connectivity index (χ1n) is 7.82. The average molecular weight is 345 g/mol. The van der Waals surface area contributed by atoms with Gasteiger partial charge in [-0.2, -0.15) is 0 Å². The zero-order valence-corrected chi connectivity index (χ0v) is 15.0. The van der Waals surface area contributed by atoms with E-state index in [4.69, 9.17) is 11.6 Å². The molecule has 0 saturated carbocycles. The monoisotopic (exact) mass is 344 g/mol. The molecule has 6 heteroatoms. The topological polar surface area (TPSA) is 49.4 Å². The van der Waals surface area contributed by atoms with Crippen LogP contribution in [0.3, 0.4) is 0 Å². The number of hydrogen-bond acceptors (Lipinski definition) is 3. The highest BCUT2D eigenvalue weighted by Gasteiger charge is 2.27. The van der Waals surface area contributed by atoms with Gasteiger partial charge in [0.2, 0.25) is 10.0 Å². The highest BCUT2D eigenvalue weighted by atomic mass is 35.5. The van der Waals surface area contributed by atoms with Crippen LogP contribution >= 0.6 is 11.6 Å². The van der Waals surface area contributed by atoms with Crippen molar-refractivity contribution >= 4 is 21.6 Å². The normalized spacial score (nSPS) is 18.0. The van der Waals surface area contributed by atoms with Gasteiger partial charge in [0.15, 0.2) is 0 Å². The van der Waals surface area contributed by atoms with Gasteiger partial charge in [-0.1, -0.05) is 37.6 Å². The van der Waals surface area contributed by atoms with Crippen molar-refractivity contribution in [3.63, 3.8) is 0 Å². The number of rotatable bonds is 6. The maximum absolute atomic E-state index is 12.6. The summed E-state index contributed by atoms with van der Waals surface area (Å²) >= 11 is 6.09. The molecule has 124 valence electrons. The molecule has 0 unspecified atom stereocenters. The van der Waals surface area contributed by atoms with Crippen LogP contribution in [0.25, 0.3) is 0 Å². The highest BCUT2D eigenvalue weighted by molar-refractivity contribution is 7.89. The molecule has 0 amide bonds. The maximum atomic E-state index is 12.6. The molecule has 4 nitrogen and oxygen atoms in total. The summed E-state index contributed by atoms with van der Waals surface area (Å²) in [6.45, 7) is 8.56. The van der Waals surface area contributed by atoms with Crippen LogP contribution in [0, 0.1) is 12.8 Å². The van der Waals surface area contributed by atoms with E-state index < -0.39 is 10.0 Å². The molecule has 2 rings (SSSR count). The minimum absolute atomic E-state index is 0.195. The van der Waals surface area contributed by atoms with Crippen LogP contribution in [0.2, 0.25) is 5.02 Å². The van der Waals surface area contributed by atoms with E-state index in [-0.39, 0.29) is 16.0 Å². The van der Waals surface area contributed by atoms with Gasteiger partial charge < -0.3 is 0 Å². The molecule has 1 aliphatic heterocycles. The summed E-state index contributed by atoms with van der Waals surface area (Å²) in [5, 5.41) is 0.273. The summed E-state index contributed by atoms with van der Waals surface area (Å²) in [5.41, 5.74) is 0.669. The number of hydrogen-bond donors (Lipinski definition) is 1. The molecular formula is C16H25ClN2O2S. The fourth-order valence-corrected chi connectivity index (χ4v) is 4.96. The van der Waals surface area contributed by atoms with E-state index in [2.05, 4.69) is 23.5 Å². The van der Waals surface area contributed by atoms with E-state index in [1.807, 2.05) is 0 Å². The quantitative estimate of drug-likeness (QED) is 0.862. The molecule has 1 heterocycles. The van der Waals surface area contributed by atoms with Crippen LogP contribution in [0.5, 0.6) is 0 Å². The lowest BCUT2D eigenvalue weighted by Crippen LogP contribution is -2.45. The third-order valence-corrected chi connectivity index (χ3v) is 6.35. The molecule has 1 N–H and O–H groups in total. The van der Waals surface area contributed by atoms with E-state index in [0.29, 0.717) is 18.0 Å². The minimum atomic E-state index is -3.59. The van der Waals surface area contributed by atoms with E-state index in [1.54, 1.807) is 25.1 Å². The van der Waals surface area contributed by atoms with Crippen molar-refractivity contribution in [3.05, 3.63) is 28.8 Å². The number of nitrogens with one attached hydrogen (secondary N) is 1. The number of aryl methyl sites for hydroxylation is 1. The summed E-state index contributed by atoms with van der Waals surface area (Å²) in [4.78, 5) is 2.58. The zero-order valence-electron chi connectivity index (χ0n) is 13.5. The molecule has 1 atom stereocenters. The molecule has 0 aromatic heterocycles. The van der Waals surface area contributed by atoms with Gasteiger partial charge in [-0.3, -0.25) is 4.90 Å². The van der Waals surface area contributed by atoms with Gasteiger partial charge in [-0.15, -0.1) is 0 Å². The molecule has 0 bridgehead atoms. The summed E-state index contributed by atoms with van der Waals surface area (Å²) < 4.78 is 28.0. The minimum Gasteiger partial charge on any atom is -0.299 e. The van der Waals surface area contributed by atoms with Crippen LogP contribution < -0.4 is 4.72 Å². The molecule has 0 radical (unpaired) electrons. The Morgan fingerprint density at radius 1 is 1.27 bits per heavy atom. The lowest BCUT2D eigenvalue weighted by Gasteiger charge is -2.31. The van der Waals surface area contributed by atoms with Crippen LogP contribution in [0.1, 0.15) is 32.3 Å². The second-order valence-electron chi connectivity index (χ2n) is 6.29. The van der Waals surface area contributed by atoms with Gasteiger partial charge in [0, 0.05) is 12.6 Å². The van der Waals surface area contributed by atoms with Gasteiger partial charge >= 0.3 is 0 Å². The Kier molecular flexibility index (Phi) is 5.88. The molecule has 1 aromatic rings. The van der Waals surface area contributed by atoms with Gasteiger partial charge in [0.25, 0.3) is 0 Å². The number of halogens is 1. The Labute approximate surface area is 138 Å². The van der Waals surface area contributed by atoms with Crippen molar-refractivity contribution in [2.45, 2.75) is 44.6 Å². The fourth-order valence-electron chi connectivity index (χ4n) is 3.08. The Hall–Kier alpha value is -0.620. The van der Waals surface area contributed by atoms with E-state index in [9.17, 15) is 8.42 Å². The predicted molar refractivity (Wildman–Crippen MR) is 90.8 cm³/mol. The maximum Gasteiger partial charge on any atom is 0.242 e. The Morgan fingerprint density at radius 3 is 2.45 bits per heavy atom. The molecule has 1 saturated heterocycles. The third kappa shape index (κ3) is 4.02. The highest BCUT2D eigenvalue weighted by Crippen LogP contribution is 2.25. The lowest BCUT2D eigenvalue weighted by atomic mass is 10.0. The first-order valence-corrected chi connectivity index (χ1v) is 9.68. The molecular weight excluding hydrogens is 320 g/mol. The average Bonchev–Trinajstić information content (AvgIpc) is 2.91. The molecule has 1 aliphatic rings. The first-order chi connectivity index (χ1) is 10.3. The van der Waals surface area contributed by atoms with Crippen molar-refractivity contribution in [2.24, 2.45) is 5.92 Å². The number of likely N-dealkylation sites (tertiary alicyclic amines) is 1. The summed E-state index contributed by atoms with van der Waals surface area (Å²) in [5.74, 6) is 0.396. The lowest BCUT2D eigenvalue weighted by molar-refractivity contribution is 0.193. The second-order valence-corrected chi connectivity index (χ2v) is 8.40. The van der Waals surface area contributed by atoms with E-state index in [0.717, 1.165) is 13.1 Å². The standard InChI is InChI=1S/C16H25ClN2O2S/c1-12(2)15(19-9-4-5-10-19)11-18-22(20,21)16-13(3)7-6-8-14(16)17/h6-8,12,15,18H,4-5,9-11H2,1-3H3/t15-/m0/s1. The van der Waals surface area contributed by atoms with Crippen molar-refractivity contribution in [2.75, 3.05) is 19.6 Å². The van der Waals surface area contributed by atoms with E-state index >= 15 is 0 Å². The Morgan fingerprint density at radius 2 is 1.91 bits per heavy atom. The second kappa shape index (κ2) is 7.30. The van der Waals surface area contributed by atoms with Gasteiger partial charge in [0.05, 0.1) is 5.02 Å². The smallest absolute Gasteiger partial charge is 0.242 e. The fraction of sp³-hybridized carbons (Fsp3) is 0.625. The van der Waals surface area contributed by atoms with Gasteiger partial charge in [0.1, 0.15) is 4.90 Å². The number of sulfonamides is 1. The van der Waals surface area contributed by atoms with Crippen molar-refractivity contribution in [1.29, 1.82) is 0 Å². The molecule has 1 fully saturated rings. The molecule has 0 aliphatic carbocycles. The summed E-state index contributed by atoms with van der Waals surface area (Å²) in [6.07, 6.45) is 2.39. The van der Waals surface area contributed by atoms with Gasteiger partial charge in [-0.25, -0.2) is 13.1 Å². The van der Waals surface area contributed by atoms with E-state index in [1.165, 1.54) is 12.8 Å². The number of nitrogens with zero attached hydrogens (tertiary/aromatic N) is 1. The molecule has 22 heavy (non-hydrogen) atoms. The first kappa shape index (κ1) is 17.7. The van der Waals surface area contributed by atoms with Crippen LogP contribution in [0.15, 0.2) is 23.1 Å². The van der Waals surface area contributed by atoms with Crippen molar-refractivity contribution in [3.8, 4) is 0 Å². The third-order valence-electron chi connectivity index (χ3n) is 4.29. The van der Waals surface area contributed by atoms with Crippen LogP contribution in [-0.4, -0.2) is 39.0 Å². The number of benzene rings is 1. The molecule has 1 aromatic carbocycles. The van der Waals surface area contributed by atoms with Crippen molar-refractivity contribution in [1.82, 2.24) is 9.62 Å². The van der Waals surface area contributed by atoms with Crippen LogP contribution in [-0.2, 0) is 10.0 Å². The zero-order chi connectivity index (χ0) is 16.3. The SMILES string of the molecule is Cc1cccc(Cl)c1S(=O)(=O)NC[C@@H](C(C)C)N1CCCC1. The Bertz CT molecular complexity index is 590. The van der Waals surface area contributed by atoms with Crippen LogP contribution in [0.4, 0.5) is 0 Å². The molecule has 0 spiro atoms. The summed E-state index contributed by atoms with van der Waals surface area (Å²) in [7, 11) is -3.59. The van der Waals surface area contributed by atoms with Gasteiger partial charge in [-0.05, 0) is 50.4 Å². The largest absolute Gasteiger partial charge is 0.299 e.